The molecule has 2 aliphatic heterocycles. The summed E-state index contributed by atoms with van der Waals surface area (Å²) in [5.74, 6) is -0.643. The van der Waals surface area contributed by atoms with Gasteiger partial charge in [0.05, 0.1) is 12.1 Å². The van der Waals surface area contributed by atoms with E-state index in [1.165, 1.54) is 6.07 Å². The van der Waals surface area contributed by atoms with Crippen molar-refractivity contribution in [2.45, 2.75) is 25.1 Å². The number of aromatic nitrogens is 1. The Morgan fingerprint density at radius 1 is 1.09 bits per heavy atom. The molecule has 2 fully saturated rings. The summed E-state index contributed by atoms with van der Waals surface area (Å²) >= 11 is 0. The maximum absolute atomic E-state index is 13.1. The van der Waals surface area contributed by atoms with Gasteiger partial charge in [0.25, 0.3) is 11.8 Å². The van der Waals surface area contributed by atoms with Gasteiger partial charge in [0.2, 0.25) is 0 Å². The van der Waals surface area contributed by atoms with Crippen molar-refractivity contribution < 1.29 is 27.6 Å². The molecule has 3 heterocycles. The monoisotopic (exact) mass is 490 g/mol. The van der Waals surface area contributed by atoms with Crippen LogP contribution in [-0.2, 0) is 21.3 Å². The van der Waals surface area contributed by atoms with E-state index < -0.39 is 35.1 Å². The molecule has 0 spiro atoms. The number of anilines is 1. The number of amides is 4. The van der Waals surface area contributed by atoms with Gasteiger partial charge in [-0.2, -0.15) is 18.2 Å². The third-order valence-electron chi connectivity index (χ3n) is 6.26. The standard InChI is InChI=1S/C23H25F3N6O3/c1-2-22(16-6-4-3-5-7-16)20(34)32(21(35)28-22)29-19(33)15-30-10-12-31(13-11-30)18-9-8-17(14-27-18)23(24,25)26/h3-9,14H,2,10-13,15H2,1H3,(H,28,35)(H,29,33). The van der Waals surface area contributed by atoms with Crippen molar-refractivity contribution in [2.75, 3.05) is 37.6 Å². The SMILES string of the molecule is CCC1(c2ccccc2)NC(=O)N(NC(=O)CN2CCN(c3ccc(C(F)(F)F)cn3)CC2)C1=O. The first-order valence-electron chi connectivity index (χ1n) is 11.2. The molecule has 4 amide bonds. The maximum atomic E-state index is 13.1. The summed E-state index contributed by atoms with van der Waals surface area (Å²) in [5, 5.41) is 3.43. The van der Waals surface area contributed by atoms with Gasteiger partial charge in [-0.25, -0.2) is 9.78 Å². The maximum Gasteiger partial charge on any atom is 0.417 e. The zero-order valence-corrected chi connectivity index (χ0v) is 19.0. The molecular formula is C23H25F3N6O3. The molecule has 4 rings (SSSR count). The number of nitrogens with zero attached hydrogens (tertiary/aromatic N) is 4. The lowest BCUT2D eigenvalue weighted by atomic mass is 9.87. The van der Waals surface area contributed by atoms with Crippen molar-refractivity contribution in [1.29, 1.82) is 0 Å². The zero-order valence-electron chi connectivity index (χ0n) is 19.0. The second-order valence-corrected chi connectivity index (χ2v) is 8.40. The van der Waals surface area contributed by atoms with E-state index in [1.54, 1.807) is 37.3 Å². The molecule has 1 aromatic carbocycles. The predicted octanol–water partition coefficient (Wildman–Crippen LogP) is 2.11. The van der Waals surface area contributed by atoms with E-state index in [9.17, 15) is 27.6 Å². The molecule has 9 nitrogen and oxygen atoms in total. The Balaban J connectivity index is 1.32. The van der Waals surface area contributed by atoms with Gasteiger partial charge in [0.1, 0.15) is 11.4 Å². The molecule has 35 heavy (non-hydrogen) atoms. The molecule has 2 N–H and O–H groups in total. The summed E-state index contributed by atoms with van der Waals surface area (Å²) in [7, 11) is 0. The molecule has 0 radical (unpaired) electrons. The molecule has 12 heteroatoms. The number of urea groups is 1. The first-order chi connectivity index (χ1) is 16.6. The summed E-state index contributed by atoms with van der Waals surface area (Å²) in [4.78, 5) is 45.8. The highest BCUT2D eigenvalue weighted by molar-refractivity contribution is 6.08. The highest BCUT2D eigenvalue weighted by atomic mass is 19.4. The minimum absolute atomic E-state index is 0.0458. The van der Waals surface area contributed by atoms with Gasteiger partial charge in [-0.15, -0.1) is 0 Å². The van der Waals surface area contributed by atoms with Crippen LogP contribution in [-0.4, -0.2) is 65.5 Å². The number of carbonyl (C=O) groups excluding carboxylic acids is 3. The van der Waals surface area contributed by atoms with Gasteiger partial charge < -0.3 is 10.2 Å². The van der Waals surface area contributed by atoms with E-state index in [1.807, 2.05) is 9.80 Å². The lowest BCUT2D eigenvalue weighted by Gasteiger charge is -2.35. The Kier molecular flexibility index (Phi) is 6.66. The number of carbonyl (C=O) groups is 3. The molecule has 0 saturated carbocycles. The summed E-state index contributed by atoms with van der Waals surface area (Å²) in [5.41, 5.74) is 0.984. The topological polar surface area (TPSA) is 97.9 Å². The number of hydrogen-bond donors (Lipinski definition) is 2. The predicted molar refractivity (Wildman–Crippen MR) is 120 cm³/mol. The molecule has 1 aromatic heterocycles. The summed E-state index contributed by atoms with van der Waals surface area (Å²) in [6.45, 7) is 3.57. The summed E-state index contributed by atoms with van der Waals surface area (Å²) in [6, 6.07) is 10.5. The molecular weight excluding hydrogens is 465 g/mol. The fourth-order valence-electron chi connectivity index (χ4n) is 4.28. The van der Waals surface area contributed by atoms with Crippen LogP contribution in [0.4, 0.5) is 23.8 Å². The number of piperazine rings is 1. The van der Waals surface area contributed by atoms with Gasteiger partial charge in [0, 0.05) is 32.4 Å². The number of hydrazine groups is 1. The molecule has 2 aliphatic rings. The largest absolute Gasteiger partial charge is 0.417 e. The van der Waals surface area contributed by atoms with E-state index in [0.717, 1.165) is 17.3 Å². The zero-order chi connectivity index (χ0) is 25.2. The first-order valence-corrected chi connectivity index (χ1v) is 11.2. The van der Waals surface area contributed by atoms with Crippen LogP contribution in [0, 0.1) is 0 Å². The van der Waals surface area contributed by atoms with Gasteiger partial charge >= 0.3 is 12.2 Å². The minimum atomic E-state index is -4.44. The van der Waals surface area contributed by atoms with Crippen LogP contribution in [0.2, 0.25) is 0 Å². The molecule has 2 saturated heterocycles. The van der Waals surface area contributed by atoms with Gasteiger partial charge in [-0.1, -0.05) is 37.3 Å². The third kappa shape index (κ3) is 4.92. The molecule has 2 aromatic rings. The van der Waals surface area contributed by atoms with Crippen molar-refractivity contribution in [3.63, 3.8) is 0 Å². The quantitative estimate of drug-likeness (QED) is 0.602. The molecule has 0 bridgehead atoms. The second kappa shape index (κ2) is 9.53. The fraction of sp³-hybridized carbons (Fsp3) is 0.391. The highest BCUT2D eigenvalue weighted by Crippen LogP contribution is 2.32. The number of rotatable bonds is 6. The lowest BCUT2D eigenvalue weighted by Crippen LogP contribution is -2.54. The Bertz CT molecular complexity index is 1090. The van der Waals surface area contributed by atoms with Crippen molar-refractivity contribution in [1.82, 2.24) is 25.6 Å². The van der Waals surface area contributed by atoms with Gasteiger partial charge in [-0.05, 0) is 24.1 Å². The molecule has 1 unspecified atom stereocenters. The Morgan fingerprint density at radius 3 is 2.34 bits per heavy atom. The molecule has 1 atom stereocenters. The average Bonchev–Trinajstić information content (AvgIpc) is 3.09. The average molecular weight is 490 g/mol. The number of hydrogen-bond acceptors (Lipinski definition) is 6. The van der Waals surface area contributed by atoms with Gasteiger partial charge in [0.15, 0.2) is 0 Å². The summed E-state index contributed by atoms with van der Waals surface area (Å²) < 4.78 is 38.2. The number of halogens is 3. The van der Waals surface area contributed by atoms with Crippen LogP contribution in [0.1, 0.15) is 24.5 Å². The summed E-state index contributed by atoms with van der Waals surface area (Å²) in [6.07, 6.45) is -3.32. The van der Waals surface area contributed by atoms with Crippen LogP contribution >= 0.6 is 0 Å². The number of alkyl halides is 3. The molecule has 186 valence electrons. The lowest BCUT2D eigenvalue weighted by molar-refractivity contribution is -0.139. The van der Waals surface area contributed by atoms with Crippen molar-refractivity contribution in [2.24, 2.45) is 0 Å². The van der Waals surface area contributed by atoms with Crippen LogP contribution in [0.3, 0.4) is 0 Å². The number of pyridine rings is 1. The van der Waals surface area contributed by atoms with Crippen molar-refractivity contribution in [3.8, 4) is 0 Å². The van der Waals surface area contributed by atoms with E-state index in [-0.39, 0.29) is 6.54 Å². The van der Waals surface area contributed by atoms with E-state index in [2.05, 4.69) is 15.7 Å². The van der Waals surface area contributed by atoms with Crippen LogP contribution in [0.5, 0.6) is 0 Å². The number of imide groups is 1. The fourth-order valence-corrected chi connectivity index (χ4v) is 4.28. The van der Waals surface area contributed by atoms with E-state index in [0.29, 0.717) is 44.0 Å². The Hall–Kier alpha value is -3.67. The minimum Gasteiger partial charge on any atom is -0.354 e. The smallest absolute Gasteiger partial charge is 0.354 e. The number of nitrogens with one attached hydrogen (secondary N) is 2. The Labute approximate surface area is 199 Å². The van der Waals surface area contributed by atoms with Crippen LogP contribution in [0.25, 0.3) is 0 Å². The van der Waals surface area contributed by atoms with Crippen molar-refractivity contribution in [3.05, 3.63) is 59.8 Å². The van der Waals surface area contributed by atoms with Crippen LogP contribution in [0.15, 0.2) is 48.7 Å². The van der Waals surface area contributed by atoms with Gasteiger partial charge in [-0.3, -0.25) is 19.9 Å². The first kappa shape index (κ1) is 24.5. The normalized spacial score (nSPS) is 21.3. The van der Waals surface area contributed by atoms with E-state index >= 15 is 0 Å². The van der Waals surface area contributed by atoms with E-state index in [4.69, 9.17) is 0 Å². The van der Waals surface area contributed by atoms with Crippen molar-refractivity contribution >= 4 is 23.7 Å². The van der Waals surface area contributed by atoms with Crippen LogP contribution < -0.4 is 15.6 Å². The Morgan fingerprint density at radius 2 is 1.77 bits per heavy atom. The molecule has 0 aliphatic carbocycles. The second-order valence-electron chi connectivity index (χ2n) is 8.40. The third-order valence-corrected chi connectivity index (χ3v) is 6.26. The highest BCUT2D eigenvalue weighted by Gasteiger charge is 2.52. The number of benzene rings is 1.